The van der Waals surface area contributed by atoms with E-state index in [9.17, 15) is 17.6 Å². The zero-order valence-corrected chi connectivity index (χ0v) is 18.4. The van der Waals surface area contributed by atoms with Crippen molar-refractivity contribution in [2.45, 2.75) is 23.1 Å². The van der Waals surface area contributed by atoms with Crippen molar-refractivity contribution in [2.75, 3.05) is 19.1 Å². The summed E-state index contributed by atoms with van der Waals surface area (Å²) in [5.74, 6) is 0.0416. The Balaban J connectivity index is 1.82. The molecule has 4 rings (SSSR count). The lowest BCUT2D eigenvalue weighted by atomic mass is 10.1. The fraction of sp³-hybridized carbons (Fsp3) is 0.208. The van der Waals surface area contributed by atoms with Gasteiger partial charge in [0.25, 0.3) is 0 Å². The number of benzene rings is 3. The van der Waals surface area contributed by atoms with Crippen LogP contribution in [0.25, 0.3) is 0 Å². The van der Waals surface area contributed by atoms with Crippen LogP contribution in [0.1, 0.15) is 22.8 Å². The molecule has 6 nitrogen and oxygen atoms in total. The number of hydrogen-bond donors (Lipinski definition) is 0. The summed E-state index contributed by atoms with van der Waals surface area (Å²) in [4.78, 5) is 14.8. The van der Waals surface area contributed by atoms with Gasteiger partial charge in [-0.05, 0) is 47.5 Å². The predicted octanol–water partition coefficient (Wildman–Crippen LogP) is 4.29. The molecule has 3 aromatic carbocycles. The topological polar surface area (TPSA) is 72.9 Å². The SMILES string of the molecule is COc1ccc(C2CC(=O)N(Cc3cccc(F)c3)c3ccccc3S2(=O)=O)cc1OC. The molecule has 0 radical (unpaired) electrons. The Morgan fingerprint density at radius 2 is 1.72 bits per heavy atom. The smallest absolute Gasteiger partial charge is 0.229 e. The molecule has 1 heterocycles. The molecule has 1 unspecified atom stereocenters. The van der Waals surface area contributed by atoms with Crippen LogP contribution in [-0.4, -0.2) is 28.5 Å². The lowest BCUT2D eigenvalue weighted by molar-refractivity contribution is -0.118. The maximum absolute atomic E-state index is 13.7. The Morgan fingerprint density at radius 1 is 0.969 bits per heavy atom. The number of amides is 1. The first-order chi connectivity index (χ1) is 15.3. The molecule has 32 heavy (non-hydrogen) atoms. The molecule has 0 saturated carbocycles. The van der Waals surface area contributed by atoms with Crippen LogP contribution in [0.4, 0.5) is 10.1 Å². The van der Waals surface area contributed by atoms with Gasteiger partial charge >= 0.3 is 0 Å². The minimum atomic E-state index is -3.92. The van der Waals surface area contributed by atoms with Crippen molar-refractivity contribution in [3.05, 3.63) is 83.7 Å². The fourth-order valence-corrected chi connectivity index (χ4v) is 5.84. The third kappa shape index (κ3) is 3.93. The van der Waals surface area contributed by atoms with E-state index >= 15 is 0 Å². The first kappa shape index (κ1) is 21.8. The van der Waals surface area contributed by atoms with E-state index in [4.69, 9.17) is 9.47 Å². The van der Waals surface area contributed by atoms with Gasteiger partial charge in [0.05, 0.1) is 36.6 Å². The molecule has 1 aliphatic heterocycles. The highest BCUT2D eigenvalue weighted by Crippen LogP contribution is 2.42. The highest BCUT2D eigenvalue weighted by Gasteiger charge is 2.39. The van der Waals surface area contributed by atoms with Crippen LogP contribution in [0.2, 0.25) is 0 Å². The second-order valence-electron chi connectivity index (χ2n) is 7.43. The Bertz CT molecular complexity index is 1270. The number of fused-ring (bicyclic) bond motifs is 1. The third-order valence-corrected chi connectivity index (χ3v) is 7.65. The van der Waals surface area contributed by atoms with Crippen LogP contribution in [0.5, 0.6) is 11.5 Å². The maximum Gasteiger partial charge on any atom is 0.229 e. The standard InChI is InChI=1S/C24H22FNO5S/c1-30-20-11-10-17(13-21(20)31-2)23-14-24(27)26(15-16-6-5-7-18(25)12-16)19-8-3-4-9-22(19)32(23,28)29/h3-13,23H,14-15H2,1-2H3. The van der Waals surface area contributed by atoms with Crippen molar-refractivity contribution < 1.29 is 27.1 Å². The van der Waals surface area contributed by atoms with E-state index in [1.165, 1.54) is 37.3 Å². The molecule has 0 N–H and O–H groups in total. The molecule has 8 heteroatoms. The summed E-state index contributed by atoms with van der Waals surface area (Å²) in [6.07, 6.45) is -0.262. The summed E-state index contributed by atoms with van der Waals surface area (Å²) in [7, 11) is -0.963. The molecule has 3 aromatic rings. The molecule has 0 aromatic heterocycles. The average Bonchev–Trinajstić information content (AvgIpc) is 2.87. The van der Waals surface area contributed by atoms with Gasteiger partial charge in [0.1, 0.15) is 5.82 Å². The number of para-hydroxylation sites is 1. The molecule has 1 aliphatic rings. The van der Waals surface area contributed by atoms with Gasteiger partial charge in [-0.1, -0.05) is 30.3 Å². The van der Waals surface area contributed by atoms with Crippen LogP contribution in [0, 0.1) is 5.82 Å². The molecule has 166 valence electrons. The molecule has 1 atom stereocenters. The largest absolute Gasteiger partial charge is 0.493 e. The molecule has 0 spiro atoms. The van der Waals surface area contributed by atoms with E-state index in [1.54, 1.807) is 48.5 Å². The van der Waals surface area contributed by atoms with Gasteiger partial charge in [-0.3, -0.25) is 4.79 Å². The average molecular weight is 456 g/mol. The lowest BCUT2D eigenvalue weighted by Crippen LogP contribution is -2.30. The summed E-state index contributed by atoms with van der Waals surface area (Å²) in [6, 6.07) is 17.1. The van der Waals surface area contributed by atoms with Gasteiger partial charge < -0.3 is 14.4 Å². The molecule has 1 amide bonds. The molecular weight excluding hydrogens is 433 g/mol. The summed E-state index contributed by atoms with van der Waals surface area (Å²) >= 11 is 0. The fourth-order valence-electron chi connectivity index (χ4n) is 3.93. The number of hydrogen-bond acceptors (Lipinski definition) is 5. The summed E-state index contributed by atoms with van der Waals surface area (Å²) in [5.41, 5.74) is 1.28. The van der Waals surface area contributed by atoms with Crippen LogP contribution in [0.15, 0.2) is 71.6 Å². The lowest BCUT2D eigenvalue weighted by Gasteiger charge is -2.22. The van der Waals surface area contributed by atoms with E-state index in [-0.39, 0.29) is 29.5 Å². The van der Waals surface area contributed by atoms with Crippen LogP contribution >= 0.6 is 0 Å². The number of carbonyl (C=O) groups is 1. The van der Waals surface area contributed by atoms with E-state index in [2.05, 4.69) is 0 Å². The number of anilines is 1. The van der Waals surface area contributed by atoms with Gasteiger partial charge in [-0.25, -0.2) is 12.8 Å². The number of nitrogens with zero attached hydrogens (tertiary/aromatic N) is 1. The molecule has 0 fully saturated rings. The first-order valence-corrected chi connectivity index (χ1v) is 11.5. The zero-order chi connectivity index (χ0) is 22.9. The van der Waals surface area contributed by atoms with Crippen molar-refractivity contribution in [2.24, 2.45) is 0 Å². The number of carbonyl (C=O) groups excluding carboxylic acids is 1. The zero-order valence-electron chi connectivity index (χ0n) is 17.6. The number of ether oxygens (including phenoxy) is 2. The Kier molecular flexibility index (Phi) is 5.88. The monoisotopic (exact) mass is 455 g/mol. The Labute approximate surface area is 186 Å². The van der Waals surface area contributed by atoms with Gasteiger partial charge in [-0.2, -0.15) is 0 Å². The van der Waals surface area contributed by atoms with E-state index in [0.717, 1.165) is 0 Å². The predicted molar refractivity (Wildman–Crippen MR) is 118 cm³/mol. The van der Waals surface area contributed by atoms with Crippen molar-refractivity contribution in [1.82, 2.24) is 0 Å². The van der Waals surface area contributed by atoms with Crippen molar-refractivity contribution in [3.8, 4) is 11.5 Å². The molecule has 0 bridgehead atoms. The van der Waals surface area contributed by atoms with E-state index in [1.807, 2.05) is 0 Å². The third-order valence-electron chi connectivity index (χ3n) is 5.51. The molecule has 0 aliphatic carbocycles. The van der Waals surface area contributed by atoms with Crippen molar-refractivity contribution >= 4 is 21.4 Å². The van der Waals surface area contributed by atoms with Gasteiger partial charge in [-0.15, -0.1) is 0 Å². The highest BCUT2D eigenvalue weighted by molar-refractivity contribution is 7.92. The van der Waals surface area contributed by atoms with Crippen LogP contribution in [0.3, 0.4) is 0 Å². The van der Waals surface area contributed by atoms with E-state index < -0.39 is 20.9 Å². The minimum Gasteiger partial charge on any atom is -0.493 e. The molecule has 0 saturated heterocycles. The second kappa shape index (κ2) is 8.63. The van der Waals surface area contributed by atoms with Crippen molar-refractivity contribution in [3.63, 3.8) is 0 Å². The Morgan fingerprint density at radius 3 is 2.44 bits per heavy atom. The van der Waals surface area contributed by atoms with Crippen LogP contribution in [-0.2, 0) is 21.2 Å². The quantitative estimate of drug-likeness (QED) is 0.574. The van der Waals surface area contributed by atoms with Gasteiger partial charge in [0, 0.05) is 6.42 Å². The van der Waals surface area contributed by atoms with Gasteiger partial charge in [0.15, 0.2) is 21.3 Å². The number of halogens is 1. The summed E-state index contributed by atoms with van der Waals surface area (Å²) in [5, 5.41) is -1.10. The number of methoxy groups -OCH3 is 2. The number of sulfone groups is 1. The minimum absolute atomic E-state index is 0.0573. The summed E-state index contributed by atoms with van der Waals surface area (Å²) in [6.45, 7) is 0.0573. The van der Waals surface area contributed by atoms with Gasteiger partial charge in [0.2, 0.25) is 5.91 Å². The maximum atomic E-state index is 13.7. The normalized spacial score (nSPS) is 17.4. The second-order valence-corrected chi connectivity index (χ2v) is 9.53. The van der Waals surface area contributed by atoms with E-state index in [0.29, 0.717) is 22.6 Å². The van der Waals surface area contributed by atoms with Crippen LogP contribution < -0.4 is 14.4 Å². The van der Waals surface area contributed by atoms with Crippen molar-refractivity contribution in [1.29, 1.82) is 0 Å². The Hall–Kier alpha value is -3.39. The number of rotatable bonds is 5. The molecular formula is C24H22FNO5S. The summed E-state index contributed by atoms with van der Waals surface area (Å²) < 4.78 is 51.6. The first-order valence-electron chi connectivity index (χ1n) is 9.95. The highest BCUT2D eigenvalue weighted by atomic mass is 32.2.